The molecular formula is C17H24BrNO2. The van der Waals surface area contributed by atoms with Gasteiger partial charge in [-0.2, -0.15) is 0 Å². The Bertz CT molecular complexity index is 485. The summed E-state index contributed by atoms with van der Waals surface area (Å²) in [5, 5.41) is 3.57. The highest BCUT2D eigenvalue weighted by atomic mass is 79.9. The van der Waals surface area contributed by atoms with Gasteiger partial charge in [-0.3, -0.25) is 5.32 Å². The normalized spacial score (nSPS) is 19.0. The Hall–Kier alpha value is -0.870. The highest BCUT2D eigenvalue weighted by Gasteiger charge is 2.39. The molecule has 1 saturated carbocycles. The van der Waals surface area contributed by atoms with Gasteiger partial charge in [-0.15, -0.1) is 0 Å². The minimum absolute atomic E-state index is 0.206. The largest absolute Gasteiger partial charge is 0.464 e. The van der Waals surface area contributed by atoms with Gasteiger partial charge in [0.05, 0.1) is 6.61 Å². The smallest absolute Gasteiger partial charge is 0.330 e. The van der Waals surface area contributed by atoms with E-state index in [-0.39, 0.29) is 5.97 Å². The summed E-state index contributed by atoms with van der Waals surface area (Å²) in [6, 6.07) is 8.24. The standard InChI is InChI=1S/C17H24BrNO2/c1-3-21-16(20)17(2,14-11-7-8-12-15(14)18)19-13-9-5-4-6-10-13/h7-8,11-13,19H,3-6,9-10H2,1-2H3. The highest BCUT2D eigenvalue weighted by Crippen LogP contribution is 2.32. The van der Waals surface area contributed by atoms with E-state index in [9.17, 15) is 4.79 Å². The third-order valence-electron chi connectivity index (χ3n) is 4.19. The number of halogens is 1. The van der Waals surface area contributed by atoms with Crippen molar-refractivity contribution in [2.24, 2.45) is 0 Å². The van der Waals surface area contributed by atoms with Crippen molar-refractivity contribution < 1.29 is 9.53 Å². The van der Waals surface area contributed by atoms with Gasteiger partial charge >= 0.3 is 5.97 Å². The van der Waals surface area contributed by atoms with Gasteiger partial charge in [-0.05, 0) is 38.3 Å². The average Bonchev–Trinajstić information content (AvgIpc) is 2.48. The molecule has 116 valence electrons. The number of esters is 1. The van der Waals surface area contributed by atoms with E-state index in [4.69, 9.17) is 4.74 Å². The van der Waals surface area contributed by atoms with Crippen molar-refractivity contribution in [3.05, 3.63) is 34.3 Å². The van der Waals surface area contributed by atoms with Crippen LogP contribution >= 0.6 is 15.9 Å². The Morgan fingerprint density at radius 1 is 1.33 bits per heavy atom. The molecule has 1 N–H and O–H groups in total. The summed E-state index contributed by atoms with van der Waals surface area (Å²) in [6.45, 7) is 4.17. The van der Waals surface area contributed by atoms with Crippen molar-refractivity contribution in [1.82, 2.24) is 5.32 Å². The minimum Gasteiger partial charge on any atom is -0.464 e. The van der Waals surface area contributed by atoms with Crippen LogP contribution in [0.1, 0.15) is 51.5 Å². The molecule has 0 aromatic heterocycles. The van der Waals surface area contributed by atoms with Gasteiger partial charge in [-0.1, -0.05) is 53.4 Å². The molecule has 1 aromatic rings. The highest BCUT2D eigenvalue weighted by molar-refractivity contribution is 9.10. The van der Waals surface area contributed by atoms with Gasteiger partial charge in [-0.25, -0.2) is 4.79 Å². The van der Waals surface area contributed by atoms with Gasteiger partial charge < -0.3 is 4.74 Å². The maximum Gasteiger partial charge on any atom is 0.330 e. The van der Waals surface area contributed by atoms with Crippen LogP contribution in [0.3, 0.4) is 0 Å². The van der Waals surface area contributed by atoms with E-state index >= 15 is 0 Å². The first-order valence-corrected chi connectivity index (χ1v) is 8.57. The summed E-state index contributed by atoms with van der Waals surface area (Å²) in [5.74, 6) is -0.206. The Balaban J connectivity index is 2.29. The lowest BCUT2D eigenvalue weighted by molar-refractivity contribution is -0.151. The Labute approximate surface area is 135 Å². The summed E-state index contributed by atoms with van der Waals surface area (Å²) < 4.78 is 6.27. The molecule has 3 nitrogen and oxygen atoms in total. The third-order valence-corrected chi connectivity index (χ3v) is 4.89. The summed E-state index contributed by atoms with van der Waals surface area (Å²) in [6.07, 6.45) is 6.00. The number of carbonyl (C=O) groups excluding carboxylic acids is 1. The second-order valence-corrected chi connectivity index (χ2v) is 6.66. The van der Waals surface area contributed by atoms with E-state index in [0.717, 1.165) is 22.9 Å². The lowest BCUT2D eigenvalue weighted by atomic mass is 9.87. The zero-order chi connectivity index (χ0) is 15.3. The molecule has 2 rings (SSSR count). The van der Waals surface area contributed by atoms with Crippen molar-refractivity contribution in [1.29, 1.82) is 0 Å². The van der Waals surface area contributed by atoms with Gasteiger partial charge in [0.2, 0.25) is 0 Å². The van der Waals surface area contributed by atoms with Crippen LogP contribution in [0.15, 0.2) is 28.7 Å². The summed E-state index contributed by atoms with van der Waals surface area (Å²) >= 11 is 3.57. The van der Waals surface area contributed by atoms with Crippen molar-refractivity contribution in [3.8, 4) is 0 Å². The Morgan fingerprint density at radius 2 is 2.00 bits per heavy atom. The molecule has 1 atom stereocenters. The van der Waals surface area contributed by atoms with E-state index in [0.29, 0.717) is 12.6 Å². The maximum atomic E-state index is 12.6. The first-order valence-electron chi connectivity index (χ1n) is 7.78. The quantitative estimate of drug-likeness (QED) is 0.808. The Kier molecular flexibility index (Phi) is 5.82. The number of rotatable bonds is 5. The first-order chi connectivity index (χ1) is 10.1. The summed E-state index contributed by atoms with van der Waals surface area (Å²) in [7, 11) is 0. The summed E-state index contributed by atoms with van der Waals surface area (Å²) in [4.78, 5) is 12.6. The molecule has 1 aliphatic carbocycles. The number of hydrogen-bond acceptors (Lipinski definition) is 3. The number of hydrogen-bond donors (Lipinski definition) is 1. The third kappa shape index (κ3) is 3.86. The number of ether oxygens (including phenoxy) is 1. The lowest BCUT2D eigenvalue weighted by Gasteiger charge is -2.35. The molecule has 1 fully saturated rings. The summed E-state index contributed by atoms with van der Waals surface area (Å²) in [5.41, 5.74) is 0.131. The molecule has 1 aliphatic rings. The SMILES string of the molecule is CCOC(=O)C(C)(NC1CCCCC1)c1ccccc1Br. The van der Waals surface area contributed by atoms with Crippen molar-refractivity contribution in [2.75, 3.05) is 6.61 Å². The number of carbonyl (C=O) groups is 1. The van der Waals surface area contributed by atoms with E-state index in [2.05, 4.69) is 21.2 Å². The predicted molar refractivity (Wildman–Crippen MR) is 88.1 cm³/mol. The second-order valence-electron chi connectivity index (χ2n) is 5.80. The van der Waals surface area contributed by atoms with Crippen LogP contribution in [0, 0.1) is 0 Å². The second kappa shape index (κ2) is 7.41. The van der Waals surface area contributed by atoms with Crippen LogP contribution in [0.5, 0.6) is 0 Å². The molecule has 1 unspecified atom stereocenters. The zero-order valence-electron chi connectivity index (χ0n) is 12.8. The van der Waals surface area contributed by atoms with Crippen LogP contribution in [0.25, 0.3) is 0 Å². The Morgan fingerprint density at radius 3 is 2.62 bits per heavy atom. The van der Waals surface area contributed by atoms with E-state index in [1.165, 1.54) is 19.3 Å². The van der Waals surface area contributed by atoms with E-state index in [1.54, 1.807) is 0 Å². The fourth-order valence-electron chi connectivity index (χ4n) is 3.04. The molecule has 0 amide bonds. The molecule has 1 aromatic carbocycles. The molecular weight excluding hydrogens is 330 g/mol. The van der Waals surface area contributed by atoms with Crippen molar-refractivity contribution in [2.45, 2.75) is 57.5 Å². The van der Waals surface area contributed by atoms with Crippen LogP contribution in [0.4, 0.5) is 0 Å². The average molecular weight is 354 g/mol. The van der Waals surface area contributed by atoms with Crippen LogP contribution in [-0.2, 0) is 15.1 Å². The van der Waals surface area contributed by atoms with Crippen LogP contribution in [-0.4, -0.2) is 18.6 Å². The minimum atomic E-state index is -0.807. The van der Waals surface area contributed by atoms with Crippen molar-refractivity contribution >= 4 is 21.9 Å². The van der Waals surface area contributed by atoms with E-state index in [1.807, 2.05) is 38.1 Å². The maximum absolute atomic E-state index is 12.6. The van der Waals surface area contributed by atoms with Gasteiger partial charge in [0.15, 0.2) is 0 Å². The number of benzene rings is 1. The van der Waals surface area contributed by atoms with Gasteiger partial charge in [0, 0.05) is 10.5 Å². The number of nitrogens with one attached hydrogen (secondary N) is 1. The monoisotopic (exact) mass is 353 g/mol. The molecule has 0 aliphatic heterocycles. The van der Waals surface area contributed by atoms with Crippen LogP contribution < -0.4 is 5.32 Å². The molecule has 0 saturated heterocycles. The lowest BCUT2D eigenvalue weighted by Crippen LogP contribution is -2.52. The van der Waals surface area contributed by atoms with Gasteiger partial charge in [0.25, 0.3) is 0 Å². The first kappa shape index (κ1) is 16.5. The zero-order valence-corrected chi connectivity index (χ0v) is 14.4. The predicted octanol–water partition coefficient (Wildman–Crippen LogP) is 4.15. The van der Waals surface area contributed by atoms with Crippen LogP contribution in [0.2, 0.25) is 0 Å². The molecule has 0 spiro atoms. The van der Waals surface area contributed by atoms with Gasteiger partial charge in [0.1, 0.15) is 5.54 Å². The van der Waals surface area contributed by atoms with Crippen molar-refractivity contribution in [3.63, 3.8) is 0 Å². The fourth-order valence-corrected chi connectivity index (χ4v) is 3.73. The molecule has 4 heteroatoms. The molecule has 0 radical (unpaired) electrons. The molecule has 0 heterocycles. The van der Waals surface area contributed by atoms with E-state index < -0.39 is 5.54 Å². The molecule has 21 heavy (non-hydrogen) atoms. The fraction of sp³-hybridized carbons (Fsp3) is 0.588. The molecule has 0 bridgehead atoms. The topological polar surface area (TPSA) is 38.3 Å².